The molecule has 1 fully saturated rings. The van der Waals surface area contributed by atoms with Gasteiger partial charge in [-0.15, -0.1) is 0 Å². The molecule has 5 heteroatoms. The zero-order valence-electron chi connectivity index (χ0n) is 14.9. The molecule has 0 aromatic carbocycles. The van der Waals surface area contributed by atoms with Gasteiger partial charge in [0.25, 0.3) is 0 Å². The van der Waals surface area contributed by atoms with Crippen LogP contribution in [0, 0.1) is 5.92 Å². The fraction of sp³-hybridized carbons (Fsp3) is 0.941. The predicted molar refractivity (Wildman–Crippen MR) is 92.7 cm³/mol. The van der Waals surface area contributed by atoms with Crippen LogP contribution in [0.1, 0.15) is 59.3 Å². The number of oxime groups is 1. The summed E-state index contributed by atoms with van der Waals surface area (Å²) in [6, 6.07) is 0. The second kappa shape index (κ2) is 7.01. The first kappa shape index (κ1) is 18.0. The molecular formula is C17H33NO3Si. The summed E-state index contributed by atoms with van der Waals surface area (Å²) in [5.74, 6) is 0.290. The highest BCUT2D eigenvalue weighted by molar-refractivity contribution is 6.74. The molecule has 0 amide bonds. The normalized spacial score (nSPS) is 30.1. The maximum absolute atomic E-state index is 10.2. The van der Waals surface area contributed by atoms with Crippen LogP contribution in [0.4, 0.5) is 0 Å². The van der Waals surface area contributed by atoms with Crippen molar-refractivity contribution in [2.45, 2.75) is 89.6 Å². The standard InChI is InChI=1S/C17H33NO3Si/c1-17(2,3)22(4,5)20-12-11-14-13-9-7-6-8-10-15(19)16(13)21-18-14/h13,15-16,19H,6-12H2,1-5H3/t13-,15-,16+/m0/s1. The van der Waals surface area contributed by atoms with Crippen LogP contribution in [-0.4, -0.2) is 38.0 Å². The van der Waals surface area contributed by atoms with Crippen LogP contribution >= 0.6 is 0 Å². The molecule has 1 aliphatic heterocycles. The Labute approximate surface area is 136 Å². The van der Waals surface area contributed by atoms with Gasteiger partial charge in [-0.05, 0) is 31.0 Å². The van der Waals surface area contributed by atoms with Gasteiger partial charge in [0.2, 0.25) is 0 Å². The average Bonchev–Trinajstić information content (AvgIpc) is 2.77. The van der Waals surface area contributed by atoms with Crippen molar-refractivity contribution in [1.82, 2.24) is 0 Å². The van der Waals surface area contributed by atoms with E-state index in [0.717, 1.165) is 38.0 Å². The minimum absolute atomic E-state index is 0.122. The highest BCUT2D eigenvalue weighted by Crippen LogP contribution is 2.37. The van der Waals surface area contributed by atoms with Crippen molar-refractivity contribution < 1.29 is 14.4 Å². The highest BCUT2D eigenvalue weighted by atomic mass is 28.4. The van der Waals surface area contributed by atoms with Gasteiger partial charge in [-0.1, -0.05) is 45.2 Å². The lowest BCUT2D eigenvalue weighted by atomic mass is 9.83. The van der Waals surface area contributed by atoms with E-state index in [2.05, 4.69) is 39.0 Å². The highest BCUT2D eigenvalue weighted by Gasteiger charge is 2.40. The summed E-state index contributed by atoms with van der Waals surface area (Å²) in [6.45, 7) is 12.1. The summed E-state index contributed by atoms with van der Waals surface area (Å²) < 4.78 is 6.26. The van der Waals surface area contributed by atoms with Gasteiger partial charge >= 0.3 is 0 Å². The van der Waals surface area contributed by atoms with Gasteiger partial charge in [0, 0.05) is 18.9 Å². The van der Waals surface area contributed by atoms with Crippen LogP contribution < -0.4 is 0 Å². The van der Waals surface area contributed by atoms with Crippen molar-refractivity contribution in [2.75, 3.05) is 6.61 Å². The lowest BCUT2D eigenvalue weighted by molar-refractivity contribution is -0.0446. The van der Waals surface area contributed by atoms with Gasteiger partial charge in [0.15, 0.2) is 14.4 Å². The third-order valence-corrected chi connectivity index (χ3v) is 10.2. The third-order valence-electron chi connectivity index (χ3n) is 5.64. The summed E-state index contributed by atoms with van der Waals surface area (Å²) in [5, 5.41) is 14.8. The molecule has 0 aromatic heterocycles. The largest absolute Gasteiger partial charge is 0.416 e. The summed E-state index contributed by atoms with van der Waals surface area (Å²) in [5.41, 5.74) is 1.10. The lowest BCUT2D eigenvalue weighted by Crippen LogP contribution is -2.41. The van der Waals surface area contributed by atoms with Crippen molar-refractivity contribution in [3.63, 3.8) is 0 Å². The molecule has 4 nitrogen and oxygen atoms in total. The number of rotatable bonds is 4. The Bertz CT molecular complexity index is 403. The smallest absolute Gasteiger partial charge is 0.191 e. The Balaban J connectivity index is 1.88. The van der Waals surface area contributed by atoms with E-state index in [1.807, 2.05) is 0 Å². The van der Waals surface area contributed by atoms with E-state index in [1.54, 1.807) is 0 Å². The van der Waals surface area contributed by atoms with Gasteiger partial charge in [0.1, 0.15) is 0 Å². The molecule has 1 saturated carbocycles. The molecule has 1 N–H and O–H groups in total. The molecule has 0 unspecified atom stereocenters. The number of fused-ring (bicyclic) bond motifs is 1. The maximum atomic E-state index is 10.2. The summed E-state index contributed by atoms with van der Waals surface area (Å²) in [7, 11) is -1.70. The van der Waals surface area contributed by atoms with Crippen molar-refractivity contribution in [3.8, 4) is 0 Å². The van der Waals surface area contributed by atoms with Crippen LogP contribution in [0.2, 0.25) is 18.1 Å². The number of aliphatic hydroxyl groups excluding tert-OH is 1. The number of hydrogen-bond donors (Lipinski definition) is 1. The zero-order chi connectivity index (χ0) is 16.4. The fourth-order valence-electron chi connectivity index (χ4n) is 3.05. The van der Waals surface area contributed by atoms with E-state index < -0.39 is 8.32 Å². The van der Waals surface area contributed by atoms with E-state index in [0.29, 0.717) is 5.92 Å². The first-order valence-electron chi connectivity index (χ1n) is 8.77. The van der Waals surface area contributed by atoms with Crippen molar-refractivity contribution in [3.05, 3.63) is 0 Å². The van der Waals surface area contributed by atoms with Crippen LogP contribution in [0.15, 0.2) is 5.16 Å². The van der Waals surface area contributed by atoms with Gasteiger partial charge < -0.3 is 14.4 Å². The second-order valence-corrected chi connectivity index (χ2v) is 13.1. The first-order valence-corrected chi connectivity index (χ1v) is 11.7. The predicted octanol–water partition coefficient (Wildman–Crippen LogP) is 4.09. The molecular weight excluding hydrogens is 294 g/mol. The molecule has 0 saturated heterocycles. The molecule has 0 radical (unpaired) electrons. The number of nitrogens with zero attached hydrogens (tertiary/aromatic N) is 1. The van der Waals surface area contributed by atoms with Crippen molar-refractivity contribution in [1.29, 1.82) is 0 Å². The molecule has 1 aliphatic carbocycles. The Morgan fingerprint density at radius 1 is 1.23 bits per heavy atom. The van der Waals surface area contributed by atoms with Gasteiger partial charge in [-0.3, -0.25) is 0 Å². The van der Waals surface area contributed by atoms with Crippen molar-refractivity contribution in [2.24, 2.45) is 11.1 Å². The number of aliphatic hydroxyl groups is 1. The topological polar surface area (TPSA) is 51.0 Å². The first-order chi connectivity index (χ1) is 10.2. The Kier molecular flexibility index (Phi) is 5.72. The van der Waals surface area contributed by atoms with E-state index in [4.69, 9.17) is 9.26 Å². The molecule has 2 aliphatic rings. The summed E-state index contributed by atoms with van der Waals surface area (Å²) in [6.07, 6.45) is 5.77. The van der Waals surface area contributed by atoms with Crippen LogP contribution in [0.5, 0.6) is 0 Å². The van der Waals surface area contributed by atoms with E-state index in [1.165, 1.54) is 12.8 Å². The molecule has 0 spiro atoms. The molecule has 22 heavy (non-hydrogen) atoms. The summed E-state index contributed by atoms with van der Waals surface area (Å²) >= 11 is 0. The van der Waals surface area contributed by atoms with E-state index >= 15 is 0 Å². The maximum Gasteiger partial charge on any atom is 0.191 e. The molecule has 3 atom stereocenters. The van der Waals surface area contributed by atoms with Crippen LogP contribution in [-0.2, 0) is 9.26 Å². The quantitative estimate of drug-likeness (QED) is 0.791. The van der Waals surface area contributed by atoms with Gasteiger partial charge in [0.05, 0.1) is 11.8 Å². The molecule has 1 heterocycles. The Morgan fingerprint density at radius 3 is 2.59 bits per heavy atom. The van der Waals surface area contributed by atoms with E-state index in [9.17, 15) is 5.11 Å². The molecule has 2 rings (SSSR count). The van der Waals surface area contributed by atoms with Crippen LogP contribution in [0.25, 0.3) is 0 Å². The lowest BCUT2D eigenvalue weighted by Gasteiger charge is -2.36. The summed E-state index contributed by atoms with van der Waals surface area (Å²) in [4.78, 5) is 5.56. The Morgan fingerprint density at radius 2 is 1.91 bits per heavy atom. The SMILES string of the molecule is CC(C)(C)[Si](C)(C)OCCC1=NO[C@H]2[C@@H](O)CCCCC[C@@H]12. The van der Waals surface area contributed by atoms with Crippen LogP contribution in [0.3, 0.4) is 0 Å². The monoisotopic (exact) mass is 327 g/mol. The minimum atomic E-state index is -1.70. The number of hydrogen-bond acceptors (Lipinski definition) is 4. The van der Waals surface area contributed by atoms with Gasteiger partial charge in [-0.2, -0.15) is 0 Å². The minimum Gasteiger partial charge on any atom is -0.416 e. The third kappa shape index (κ3) is 4.12. The van der Waals surface area contributed by atoms with Gasteiger partial charge in [-0.25, -0.2) is 0 Å². The molecule has 0 bridgehead atoms. The fourth-order valence-corrected chi connectivity index (χ4v) is 4.09. The van der Waals surface area contributed by atoms with Crippen molar-refractivity contribution >= 4 is 14.0 Å². The molecule has 0 aromatic rings. The van der Waals surface area contributed by atoms with E-state index in [-0.39, 0.29) is 17.2 Å². The Hall–Kier alpha value is -0.393. The molecule has 128 valence electrons. The second-order valence-electron chi connectivity index (χ2n) is 8.32. The zero-order valence-corrected chi connectivity index (χ0v) is 15.9. The average molecular weight is 328 g/mol.